The molecule has 1 aromatic carbocycles. The van der Waals surface area contributed by atoms with E-state index in [4.69, 9.17) is 5.73 Å². The lowest BCUT2D eigenvalue weighted by molar-refractivity contribution is -0.121. The molecule has 7 heteroatoms. The summed E-state index contributed by atoms with van der Waals surface area (Å²) in [4.78, 5) is 24.1. The van der Waals surface area contributed by atoms with Crippen molar-refractivity contribution in [3.63, 3.8) is 0 Å². The molecule has 1 aromatic rings. The molecule has 0 saturated heterocycles. The zero-order valence-corrected chi connectivity index (χ0v) is 11.4. The molecule has 2 amide bonds. The number of primary amides is 1. The van der Waals surface area contributed by atoms with E-state index in [1.807, 2.05) is 19.0 Å². The minimum Gasteiger partial charge on any atom is -0.366 e. The number of benzene rings is 1. The predicted octanol–water partition coefficient (Wildman–Crippen LogP) is 0.632. The molecular weight excluding hydrogens is 268 g/mol. The molecule has 0 saturated carbocycles. The van der Waals surface area contributed by atoms with Gasteiger partial charge in [0.25, 0.3) is 5.91 Å². The normalized spacial score (nSPS) is 10.7. The molecule has 0 aliphatic heterocycles. The van der Waals surface area contributed by atoms with E-state index in [9.17, 15) is 18.4 Å². The van der Waals surface area contributed by atoms with Crippen molar-refractivity contribution in [1.82, 2.24) is 10.2 Å². The van der Waals surface area contributed by atoms with Crippen LogP contribution in [0.25, 0.3) is 0 Å². The van der Waals surface area contributed by atoms with Gasteiger partial charge < -0.3 is 16.0 Å². The number of hydrogen-bond donors (Lipinski definition) is 2. The van der Waals surface area contributed by atoms with Crippen molar-refractivity contribution in [1.29, 1.82) is 0 Å². The number of nitrogens with two attached hydrogens (primary N) is 1. The highest BCUT2D eigenvalue weighted by atomic mass is 19.2. The first-order chi connectivity index (χ1) is 9.32. The van der Waals surface area contributed by atoms with E-state index in [1.165, 1.54) is 6.07 Å². The number of nitrogens with one attached hydrogen (secondary N) is 1. The van der Waals surface area contributed by atoms with E-state index in [2.05, 4.69) is 5.32 Å². The molecular formula is C13H17F2N3O2. The first-order valence-electron chi connectivity index (χ1n) is 6.01. The molecule has 0 aliphatic carbocycles. The molecule has 1 rings (SSSR count). The summed E-state index contributed by atoms with van der Waals surface area (Å²) in [7, 11) is 3.65. The molecule has 0 unspecified atom stereocenters. The summed E-state index contributed by atoms with van der Waals surface area (Å²) in [6, 6.07) is 2.33. The first kappa shape index (κ1) is 16.0. The predicted molar refractivity (Wildman–Crippen MR) is 69.9 cm³/mol. The standard InChI is InChI=1S/C13H17F2N3O2/c1-18(2)6-5-10(19)17-7-8-3-4-9(13(16)20)12(15)11(8)14/h3-4H,5-7H2,1-2H3,(H2,16,20)(H,17,19). The third-order valence-corrected chi connectivity index (χ3v) is 2.69. The highest BCUT2D eigenvalue weighted by Gasteiger charge is 2.16. The average molecular weight is 285 g/mol. The summed E-state index contributed by atoms with van der Waals surface area (Å²) in [5, 5.41) is 2.48. The van der Waals surface area contributed by atoms with Gasteiger partial charge in [0, 0.05) is 25.1 Å². The van der Waals surface area contributed by atoms with Crippen LogP contribution in [0.3, 0.4) is 0 Å². The van der Waals surface area contributed by atoms with E-state index in [0.717, 1.165) is 6.07 Å². The second-order valence-electron chi connectivity index (χ2n) is 4.59. The molecule has 5 nitrogen and oxygen atoms in total. The Morgan fingerprint density at radius 3 is 2.45 bits per heavy atom. The van der Waals surface area contributed by atoms with Gasteiger partial charge >= 0.3 is 0 Å². The monoisotopic (exact) mass is 285 g/mol. The minimum absolute atomic E-state index is 0.0364. The summed E-state index contributed by atoms with van der Waals surface area (Å²) in [6.07, 6.45) is 0.260. The number of amides is 2. The summed E-state index contributed by atoms with van der Waals surface area (Å²) in [5.41, 5.74) is 4.36. The van der Waals surface area contributed by atoms with E-state index in [0.29, 0.717) is 6.54 Å². The Morgan fingerprint density at radius 2 is 1.90 bits per heavy atom. The van der Waals surface area contributed by atoms with Crippen molar-refractivity contribution >= 4 is 11.8 Å². The van der Waals surface area contributed by atoms with Gasteiger partial charge in [-0.25, -0.2) is 8.78 Å². The average Bonchev–Trinajstić information content (AvgIpc) is 2.37. The van der Waals surface area contributed by atoms with Gasteiger partial charge in [-0.05, 0) is 20.2 Å². The Labute approximate surface area is 115 Å². The van der Waals surface area contributed by atoms with E-state index in [1.54, 1.807) is 0 Å². The van der Waals surface area contributed by atoms with Gasteiger partial charge in [-0.15, -0.1) is 0 Å². The number of halogens is 2. The summed E-state index contributed by atoms with van der Waals surface area (Å²) in [6.45, 7) is 0.414. The van der Waals surface area contributed by atoms with Crippen molar-refractivity contribution in [2.75, 3.05) is 20.6 Å². The highest BCUT2D eigenvalue weighted by molar-refractivity contribution is 5.93. The number of nitrogens with zero attached hydrogens (tertiary/aromatic N) is 1. The lowest BCUT2D eigenvalue weighted by Crippen LogP contribution is -2.27. The second-order valence-corrected chi connectivity index (χ2v) is 4.59. The quantitative estimate of drug-likeness (QED) is 0.805. The van der Waals surface area contributed by atoms with Crippen LogP contribution in [0.15, 0.2) is 12.1 Å². The minimum atomic E-state index is -1.29. The number of carbonyl (C=O) groups excluding carboxylic acids is 2. The van der Waals surface area contributed by atoms with Crippen LogP contribution < -0.4 is 11.1 Å². The Bertz CT molecular complexity index is 519. The maximum absolute atomic E-state index is 13.6. The summed E-state index contributed by atoms with van der Waals surface area (Å²) < 4.78 is 27.1. The van der Waals surface area contributed by atoms with Gasteiger partial charge in [0.2, 0.25) is 5.91 Å². The highest BCUT2D eigenvalue weighted by Crippen LogP contribution is 2.16. The van der Waals surface area contributed by atoms with Crippen LogP contribution in [-0.2, 0) is 11.3 Å². The maximum Gasteiger partial charge on any atom is 0.251 e. The van der Waals surface area contributed by atoms with Gasteiger partial charge in [-0.1, -0.05) is 6.07 Å². The molecule has 0 aliphatic rings. The summed E-state index contributed by atoms with van der Waals surface area (Å²) in [5.74, 6) is -3.77. The number of carbonyl (C=O) groups is 2. The van der Waals surface area contributed by atoms with Crippen LogP contribution >= 0.6 is 0 Å². The van der Waals surface area contributed by atoms with Crippen molar-refractivity contribution in [2.45, 2.75) is 13.0 Å². The zero-order valence-electron chi connectivity index (χ0n) is 11.4. The van der Waals surface area contributed by atoms with E-state index < -0.39 is 23.1 Å². The molecule has 110 valence electrons. The van der Waals surface area contributed by atoms with Crippen LogP contribution in [0, 0.1) is 11.6 Å². The fourth-order valence-corrected chi connectivity index (χ4v) is 1.52. The van der Waals surface area contributed by atoms with Gasteiger partial charge in [0.1, 0.15) is 0 Å². The molecule has 3 N–H and O–H groups in total. The molecule has 0 heterocycles. The van der Waals surface area contributed by atoms with Crippen LogP contribution in [-0.4, -0.2) is 37.4 Å². The Balaban J connectivity index is 2.68. The van der Waals surface area contributed by atoms with Crippen LogP contribution in [0.2, 0.25) is 0 Å². The Kier molecular flexibility index (Phi) is 5.57. The molecule has 0 radical (unpaired) electrons. The third kappa shape index (κ3) is 4.27. The summed E-state index contributed by atoms with van der Waals surface area (Å²) >= 11 is 0. The molecule has 20 heavy (non-hydrogen) atoms. The molecule has 0 fully saturated rings. The molecule has 0 aromatic heterocycles. The third-order valence-electron chi connectivity index (χ3n) is 2.69. The van der Waals surface area contributed by atoms with Gasteiger partial charge in [-0.3, -0.25) is 9.59 Å². The van der Waals surface area contributed by atoms with Crippen molar-refractivity contribution in [2.24, 2.45) is 5.73 Å². The smallest absolute Gasteiger partial charge is 0.251 e. The number of rotatable bonds is 6. The largest absolute Gasteiger partial charge is 0.366 e. The molecule has 0 spiro atoms. The Morgan fingerprint density at radius 1 is 1.25 bits per heavy atom. The second kappa shape index (κ2) is 6.95. The van der Waals surface area contributed by atoms with E-state index >= 15 is 0 Å². The van der Waals surface area contributed by atoms with Crippen molar-refractivity contribution in [3.8, 4) is 0 Å². The fraction of sp³-hybridized carbons (Fsp3) is 0.385. The molecule has 0 bridgehead atoms. The van der Waals surface area contributed by atoms with Gasteiger partial charge in [0.15, 0.2) is 11.6 Å². The van der Waals surface area contributed by atoms with Gasteiger partial charge in [-0.2, -0.15) is 0 Å². The lowest BCUT2D eigenvalue weighted by atomic mass is 10.1. The maximum atomic E-state index is 13.6. The molecule has 0 atom stereocenters. The fourth-order valence-electron chi connectivity index (χ4n) is 1.52. The SMILES string of the molecule is CN(C)CCC(=O)NCc1ccc(C(N)=O)c(F)c1F. The van der Waals surface area contributed by atoms with Crippen molar-refractivity contribution in [3.05, 3.63) is 34.9 Å². The lowest BCUT2D eigenvalue weighted by Gasteiger charge is -2.10. The van der Waals surface area contributed by atoms with Gasteiger partial charge in [0.05, 0.1) is 5.56 Å². The topological polar surface area (TPSA) is 75.4 Å². The first-order valence-corrected chi connectivity index (χ1v) is 6.01. The Hall–Kier alpha value is -2.02. The van der Waals surface area contributed by atoms with E-state index in [-0.39, 0.29) is 24.4 Å². The van der Waals surface area contributed by atoms with Crippen LogP contribution in [0.5, 0.6) is 0 Å². The zero-order chi connectivity index (χ0) is 15.3. The van der Waals surface area contributed by atoms with Crippen molar-refractivity contribution < 1.29 is 18.4 Å². The van der Waals surface area contributed by atoms with Crippen LogP contribution in [0.1, 0.15) is 22.3 Å². The number of hydrogen-bond acceptors (Lipinski definition) is 3. The van der Waals surface area contributed by atoms with Crippen LogP contribution in [0.4, 0.5) is 8.78 Å².